The molecule has 7 rings (SSSR count). The van der Waals surface area contributed by atoms with E-state index < -0.39 is 0 Å². The van der Waals surface area contributed by atoms with E-state index in [4.69, 9.17) is 0 Å². The van der Waals surface area contributed by atoms with Crippen LogP contribution < -0.4 is 24.8 Å². The molecule has 1 aliphatic rings. The molecule has 0 spiro atoms. The molecule has 0 heterocycles. The summed E-state index contributed by atoms with van der Waals surface area (Å²) in [4.78, 5) is 0. The summed E-state index contributed by atoms with van der Waals surface area (Å²) in [7, 11) is 0. The van der Waals surface area contributed by atoms with Gasteiger partial charge in [-0.1, -0.05) is 110 Å². The molecule has 0 radical (unpaired) electrons. The zero-order valence-corrected chi connectivity index (χ0v) is 30.3. The number of aryl methyl sites for hydroxylation is 2. The van der Waals surface area contributed by atoms with Crippen LogP contribution in [0, 0.1) is 13.8 Å². The van der Waals surface area contributed by atoms with Crippen LogP contribution in [0.25, 0.3) is 43.8 Å². The van der Waals surface area contributed by atoms with Gasteiger partial charge in [0.1, 0.15) is 0 Å². The van der Waals surface area contributed by atoms with Gasteiger partial charge in [-0.3, -0.25) is 0 Å². The van der Waals surface area contributed by atoms with Gasteiger partial charge >= 0.3 is 41.9 Å². The second-order valence-electron chi connectivity index (χ2n) is 11.3. The van der Waals surface area contributed by atoms with Crippen molar-refractivity contribution in [3.05, 3.63) is 144 Å². The van der Waals surface area contributed by atoms with Gasteiger partial charge in [0.25, 0.3) is 0 Å². The summed E-state index contributed by atoms with van der Waals surface area (Å²) in [5.74, 6) is 0.686. The van der Waals surface area contributed by atoms with Gasteiger partial charge < -0.3 is 24.8 Å². The van der Waals surface area contributed by atoms with Crippen LogP contribution in [0.2, 0.25) is 13.1 Å². The molecule has 0 saturated carbocycles. The molecule has 4 heteroatoms. The third-order valence-corrected chi connectivity index (χ3v) is 7.67. The van der Waals surface area contributed by atoms with Crippen molar-refractivity contribution in [1.29, 1.82) is 0 Å². The van der Waals surface area contributed by atoms with E-state index in [0.29, 0.717) is 5.92 Å². The zero-order valence-electron chi connectivity index (χ0n) is 25.4. The summed E-state index contributed by atoms with van der Waals surface area (Å²) in [6.45, 7) is 8.96. The number of allylic oxidation sites excluding steroid dienone is 2. The molecule has 0 atom stereocenters. The van der Waals surface area contributed by atoms with E-state index in [9.17, 15) is 0 Å². The van der Waals surface area contributed by atoms with Crippen molar-refractivity contribution in [3.8, 4) is 22.3 Å². The molecule has 0 fully saturated rings. The van der Waals surface area contributed by atoms with Crippen LogP contribution >= 0.6 is 0 Å². The Morgan fingerprint density at radius 2 is 1.21 bits per heavy atom. The summed E-state index contributed by atoms with van der Waals surface area (Å²) in [5.41, 5.74) is 9.68. The largest absolute Gasteiger partial charge is 1.00 e. The van der Waals surface area contributed by atoms with Crippen molar-refractivity contribution >= 4 is 27.0 Å². The van der Waals surface area contributed by atoms with Gasteiger partial charge in [-0.25, -0.2) is 0 Å². The van der Waals surface area contributed by atoms with E-state index in [1.54, 1.807) is 23.3 Å². The first-order valence-electron chi connectivity index (χ1n) is 14.5. The maximum Gasteiger partial charge on any atom is -0.0279 e. The van der Waals surface area contributed by atoms with Crippen LogP contribution in [0.4, 0.5) is 0 Å². The van der Waals surface area contributed by atoms with Crippen LogP contribution in [0.1, 0.15) is 35.4 Å². The van der Waals surface area contributed by atoms with Crippen molar-refractivity contribution in [2.24, 2.45) is 0 Å². The first-order valence-corrected chi connectivity index (χ1v) is 20.7. The van der Waals surface area contributed by atoms with Gasteiger partial charge in [-0.05, 0) is 29.9 Å². The molecule has 0 saturated heterocycles. The van der Waals surface area contributed by atoms with E-state index >= 15 is 0 Å². The van der Waals surface area contributed by atoms with Gasteiger partial charge in [-0.2, -0.15) is 12.1 Å². The first kappa shape index (κ1) is 35.0. The van der Waals surface area contributed by atoms with E-state index in [0.717, 1.165) is 0 Å². The Labute approximate surface area is 285 Å². The van der Waals surface area contributed by atoms with Crippen molar-refractivity contribution in [1.82, 2.24) is 0 Å². The third-order valence-electron chi connectivity index (χ3n) is 7.67. The van der Waals surface area contributed by atoms with Gasteiger partial charge in [-0.15, -0.1) is 68.6 Å². The number of halogens is 2. The Morgan fingerprint density at radius 1 is 0.651 bits per heavy atom. The maximum absolute atomic E-state index is 2.40. The smallest absolute Gasteiger partial charge is 0.0279 e. The summed E-state index contributed by atoms with van der Waals surface area (Å²) < 4.78 is 0. The molecule has 0 N–H and O–H groups in total. The van der Waals surface area contributed by atoms with Gasteiger partial charge in [0.15, 0.2) is 0 Å². The summed E-state index contributed by atoms with van der Waals surface area (Å²) in [5, 5.41) is 5.51. The quantitative estimate of drug-likeness (QED) is 0.134. The average molecular weight is 697 g/mol. The summed E-state index contributed by atoms with van der Waals surface area (Å²) in [6, 6.07) is 41.7. The molecule has 0 bridgehead atoms. The average Bonchev–Trinajstić information content (AvgIpc) is 3.74. The molecule has 0 aliphatic heterocycles. The normalized spacial score (nSPS) is 12.0. The van der Waals surface area contributed by atoms with Crippen LogP contribution in [0.3, 0.4) is 0 Å². The van der Waals surface area contributed by atoms with E-state index in [-0.39, 0.29) is 30.2 Å². The fourth-order valence-corrected chi connectivity index (χ4v) is 5.71. The van der Waals surface area contributed by atoms with Crippen molar-refractivity contribution in [3.63, 3.8) is 0 Å². The molecule has 6 aromatic rings. The predicted octanol–water partition coefficient (Wildman–Crippen LogP) is 5.29. The monoisotopic (exact) mass is 694 g/mol. The Morgan fingerprint density at radius 3 is 1.79 bits per heavy atom. The molecular weight excluding hydrogens is 659 g/mol. The Kier molecular flexibility index (Phi) is 13.5. The maximum atomic E-state index is 2.40. The molecule has 218 valence electrons. The topological polar surface area (TPSA) is 0 Å². The predicted molar refractivity (Wildman–Crippen MR) is 178 cm³/mol. The number of benzene rings is 4. The van der Waals surface area contributed by atoms with Crippen LogP contribution in [0.5, 0.6) is 0 Å². The van der Waals surface area contributed by atoms with Crippen molar-refractivity contribution in [2.45, 2.75) is 45.7 Å². The zero-order chi connectivity index (χ0) is 28.8. The Hall–Kier alpha value is -2.48. The molecule has 43 heavy (non-hydrogen) atoms. The number of fused-ring (bicyclic) bond motifs is 2. The van der Waals surface area contributed by atoms with E-state index in [1.165, 1.54) is 73.3 Å². The second-order valence-corrected chi connectivity index (χ2v) is 20.6. The Bertz CT molecular complexity index is 1780. The molecule has 0 unspecified atom stereocenters. The van der Waals surface area contributed by atoms with E-state index in [1.807, 2.05) is 0 Å². The minimum absolute atomic E-state index is 0. The molecule has 0 amide bonds. The number of hydrogen-bond acceptors (Lipinski definition) is 0. The first-order chi connectivity index (χ1) is 19.9. The standard InChI is InChI=1S/C20H17.C17H15.C2H6Si.2ClH.Zr/c1-2-9-16(10-3-1)19-12-6-11-17-13-18(14-20(17)19)15-7-4-5-8-15;1-12-10-16-13(2)8-9-15(17(16)11-12)14-6-4-3-5-7-14;1-3-2;;;/h1-6,9-15H,7-8H2;3-11H,1-2H3;1-2H3;2*1H;/q2*-1;;;;+2/p-2. The fraction of sp³-hybridized carbons (Fsp3) is 0.179. The van der Waals surface area contributed by atoms with Crippen LogP contribution in [-0.4, -0.2) is 5.43 Å². The SMILES string of the molecule is C1=CCC(c2cc3c(-c4ccccc4)cccc3[cH-]2)C1.C[Si](C)=[Zr+2].Cc1cc2c(-c3ccccc3)ccc(C)c2[cH-]1.[Cl-].[Cl-]. The molecule has 0 aromatic heterocycles. The number of rotatable bonds is 3. The van der Waals surface area contributed by atoms with Gasteiger partial charge in [0, 0.05) is 0 Å². The van der Waals surface area contributed by atoms with Crippen LogP contribution in [-0.2, 0) is 23.3 Å². The van der Waals surface area contributed by atoms with Crippen LogP contribution in [0.15, 0.2) is 127 Å². The fourth-order valence-electron chi connectivity index (χ4n) is 5.71. The summed E-state index contributed by atoms with van der Waals surface area (Å²) >= 11 is 1.74. The van der Waals surface area contributed by atoms with E-state index in [2.05, 4.69) is 154 Å². The number of hydrogen-bond donors (Lipinski definition) is 0. The molecular formula is C39H38Cl2SiZr-2. The molecule has 1 aliphatic carbocycles. The minimum atomic E-state index is 0. The van der Waals surface area contributed by atoms with Crippen molar-refractivity contribution < 1.29 is 48.1 Å². The summed E-state index contributed by atoms with van der Waals surface area (Å²) in [6.07, 6.45) is 6.99. The Balaban J connectivity index is 0.000000203. The van der Waals surface area contributed by atoms with Gasteiger partial charge in [0.2, 0.25) is 0 Å². The molecule has 6 aromatic carbocycles. The minimum Gasteiger partial charge on any atom is -1.00 e. The van der Waals surface area contributed by atoms with Crippen molar-refractivity contribution in [2.75, 3.05) is 0 Å². The van der Waals surface area contributed by atoms with Gasteiger partial charge in [0.05, 0.1) is 0 Å². The third kappa shape index (κ3) is 8.80. The second kappa shape index (κ2) is 16.6. The molecule has 0 nitrogen and oxygen atoms in total.